The third-order valence-corrected chi connectivity index (χ3v) is 7.37. The molecule has 0 aliphatic carbocycles. The number of amides is 1. The van der Waals surface area contributed by atoms with Gasteiger partial charge in [0, 0.05) is 18.8 Å². The van der Waals surface area contributed by atoms with Crippen LogP contribution in [0.3, 0.4) is 0 Å². The fourth-order valence-electron chi connectivity index (χ4n) is 3.59. The van der Waals surface area contributed by atoms with E-state index in [4.69, 9.17) is 9.47 Å². The summed E-state index contributed by atoms with van der Waals surface area (Å²) in [4.78, 5) is 25.2. The molecule has 0 aromatic heterocycles. The Balaban J connectivity index is 2.25. The molecule has 0 fully saturated rings. The van der Waals surface area contributed by atoms with Crippen molar-refractivity contribution in [3.8, 4) is 5.75 Å². The maximum absolute atomic E-state index is 13.0. The number of carbonyl (C=O) groups is 2. The van der Waals surface area contributed by atoms with E-state index < -0.39 is 28.0 Å². The Hall–Kier alpha value is -2.91. The number of anilines is 1. The van der Waals surface area contributed by atoms with E-state index in [2.05, 4.69) is 5.32 Å². The monoisotopic (exact) mass is 476 g/mol. The highest BCUT2D eigenvalue weighted by Gasteiger charge is 2.28. The average Bonchev–Trinajstić information content (AvgIpc) is 2.76. The molecular formula is C24H32N2O6S. The molecule has 2 aromatic rings. The molecule has 1 unspecified atom stereocenters. The van der Waals surface area contributed by atoms with Gasteiger partial charge in [-0.05, 0) is 57.0 Å². The van der Waals surface area contributed by atoms with Crippen LogP contribution < -0.4 is 10.1 Å². The van der Waals surface area contributed by atoms with Crippen molar-refractivity contribution in [3.63, 3.8) is 0 Å². The predicted molar refractivity (Wildman–Crippen MR) is 127 cm³/mol. The maximum Gasteiger partial charge on any atom is 0.338 e. The van der Waals surface area contributed by atoms with Crippen molar-refractivity contribution in [2.75, 3.05) is 25.5 Å². The number of rotatable bonds is 9. The van der Waals surface area contributed by atoms with Crippen molar-refractivity contribution in [1.82, 2.24) is 4.31 Å². The molecule has 1 amide bonds. The second-order valence-corrected chi connectivity index (χ2v) is 9.67. The first-order chi connectivity index (χ1) is 15.5. The molecule has 2 rings (SSSR count). The van der Waals surface area contributed by atoms with Gasteiger partial charge in [0.05, 0.1) is 12.7 Å². The van der Waals surface area contributed by atoms with Crippen molar-refractivity contribution < 1.29 is 27.5 Å². The number of methoxy groups -OCH3 is 1. The van der Waals surface area contributed by atoms with Gasteiger partial charge in [0.1, 0.15) is 10.6 Å². The molecule has 0 heterocycles. The molecule has 2 aromatic carbocycles. The summed E-state index contributed by atoms with van der Waals surface area (Å²) in [5.74, 6) is -1.17. The highest BCUT2D eigenvalue weighted by Crippen LogP contribution is 2.28. The van der Waals surface area contributed by atoms with Crippen LogP contribution in [0.1, 0.15) is 47.8 Å². The van der Waals surface area contributed by atoms with Crippen LogP contribution in [0.2, 0.25) is 0 Å². The molecule has 0 spiro atoms. The molecule has 9 heteroatoms. The summed E-state index contributed by atoms with van der Waals surface area (Å²) in [6.07, 6.45) is -1.09. The minimum atomic E-state index is -3.88. The van der Waals surface area contributed by atoms with Gasteiger partial charge in [-0.3, -0.25) is 4.79 Å². The second-order valence-electron chi connectivity index (χ2n) is 7.77. The molecule has 0 saturated heterocycles. The smallest absolute Gasteiger partial charge is 0.338 e. The molecule has 1 N–H and O–H groups in total. The van der Waals surface area contributed by atoms with Crippen LogP contribution in [-0.2, 0) is 19.6 Å². The van der Waals surface area contributed by atoms with E-state index in [0.29, 0.717) is 5.69 Å². The van der Waals surface area contributed by atoms with Crippen molar-refractivity contribution in [1.29, 1.82) is 0 Å². The van der Waals surface area contributed by atoms with Crippen LogP contribution >= 0.6 is 0 Å². The summed E-state index contributed by atoms with van der Waals surface area (Å²) >= 11 is 0. The highest BCUT2D eigenvalue weighted by molar-refractivity contribution is 7.89. The van der Waals surface area contributed by atoms with Crippen molar-refractivity contribution in [2.45, 2.75) is 52.5 Å². The quantitative estimate of drug-likeness (QED) is 0.552. The molecular weight excluding hydrogens is 444 g/mol. The lowest BCUT2D eigenvalue weighted by Crippen LogP contribution is -2.32. The van der Waals surface area contributed by atoms with Crippen LogP contribution in [0, 0.1) is 20.8 Å². The van der Waals surface area contributed by atoms with Gasteiger partial charge in [0.15, 0.2) is 6.10 Å². The van der Waals surface area contributed by atoms with Gasteiger partial charge in [-0.25, -0.2) is 13.2 Å². The summed E-state index contributed by atoms with van der Waals surface area (Å²) in [5.41, 5.74) is 3.56. The largest absolute Gasteiger partial charge is 0.495 e. The Kier molecular flexibility index (Phi) is 8.63. The minimum Gasteiger partial charge on any atom is -0.495 e. The molecule has 1 atom stereocenters. The summed E-state index contributed by atoms with van der Waals surface area (Å²) < 4.78 is 37.8. The number of carbonyl (C=O) groups excluding carboxylic acids is 2. The van der Waals surface area contributed by atoms with Gasteiger partial charge in [0.25, 0.3) is 5.91 Å². The standard InChI is InChI=1S/C24H32N2O6S/c1-8-26(9-2)33(29,30)21-14-19(10-11-20(21)31-7)24(28)32-18(6)23(27)25-22-16(4)12-15(3)13-17(22)5/h10-14,18H,8-9H2,1-7H3,(H,25,27). The van der Waals surface area contributed by atoms with Crippen LogP contribution in [0.15, 0.2) is 35.2 Å². The predicted octanol–water partition coefficient (Wildman–Crippen LogP) is 3.83. The first kappa shape index (κ1) is 26.3. The topological polar surface area (TPSA) is 102 Å². The van der Waals surface area contributed by atoms with E-state index >= 15 is 0 Å². The number of ether oxygens (including phenoxy) is 2. The van der Waals surface area contributed by atoms with Crippen LogP contribution in [0.25, 0.3) is 0 Å². The lowest BCUT2D eigenvalue weighted by atomic mass is 10.0. The molecule has 8 nitrogen and oxygen atoms in total. The summed E-state index contributed by atoms with van der Waals surface area (Å²) in [6.45, 7) is 11.2. The number of esters is 1. The van der Waals surface area contributed by atoms with E-state index in [1.165, 1.54) is 36.5 Å². The zero-order valence-corrected chi connectivity index (χ0v) is 21.0. The van der Waals surface area contributed by atoms with Gasteiger partial charge >= 0.3 is 5.97 Å². The van der Waals surface area contributed by atoms with E-state index in [9.17, 15) is 18.0 Å². The molecule has 0 bridgehead atoms. The van der Waals surface area contributed by atoms with Crippen LogP contribution in [-0.4, -0.2) is 50.9 Å². The molecule has 0 radical (unpaired) electrons. The molecule has 0 saturated carbocycles. The average molecular weight is 477 g/mol. The normalized spacial score (nSPS) is 12.4. The number of nitrogens with zero attached hydrogens (tertiary/aromatic N) is 1. The molecule has 33 heavy (non-hydrogen) atoms. The Morgan fingerprint density at radius 1 is 1.03 bits per heavy atom. The van der Waals surface area contributed by atoms with Crippen LogP contribution in [0.4, 0.5) is 5.69 Å². The SMILES string of the molecule is CCN(CC)S(=O)(=O)c1cc(C(=O)OC(C)C(=O)Nc2c(C)cc(C)cc2C)ccc1OC. The number of hydrogen-bond acceptors (Lipinski definition) is 6. The lowest BCUT2D eigenvalue weighted by Gasteiger charge is -2.20. The van der Waals surface area contributed by atoms with Crippen molar-refractivity contribution in [3.05, 3.63) is 52.6 Å². The van der Waals surface area contributed by atoms with E-state index in [1.54, 1.807) is 13.8 Å². The Labute approximate surface area is 195 Å². The summed E-state index contributed by atoms with van der Waals surface area (Å²) in [6, 6.07) is 7.93. The zero-order valence-electron chi connectivity index (χ0n) is 20.2. The molecule has 0 aliphatic rings. The Morgan fingerprint density at radius 3 is 2.12 bits per heavy atom. The number of aryl methyl sites for hydroxylation is 3. The van der Waals surface area contributed by atoms with Gasteiger partial charge in [-0.1, -0.05) is 31.5 Å². The van der Waals surface area contributed by atoms with E-state index in [1.807, 2.05) is 32.9 Å². The van der Waals surface area contributed by atoms with Gasteiger partial charge in [-0.15, -0.1) is 0 Å². The fourth-order valence-corrected chi connectivity index (χ4v) is 5.23. The molecule has 180 valence electrons. The molecule has 0 aliphatic heterocycles. The Bertz CT molecular complexity index is 1120. The first-order valence-corrected chi connectivity index (χ1v) is 12.2. The van der Waals surface area contributed by atoms with Crippen molar-refractivity contribution >= 4 is 27.6 Å². The summed E-state index contributed by atoms with van der Waals surface area (Å²) in [7, 11) is -2.52. The fraction of sp³-hybridized carbons (Fsp3) is 0.417. The van der Waals surface area contributed by atoms with Gasteiger partial charge < -0.3 is 14.8 Å². The summed E-state index contributed by atoms with van der Waals surface area (Å²) in [5, 5.41) is 2.81. The van der Waals surface area contributed by atoms with E-state index in [-0.39, 0.29) is 29.3 Å². The number of hydrogen-bond donors (Lipinski definition) is 1. The van der Waals surface area contributed by atoms with Crippen molar-refractivity contribution in [2.24, 2.45) is 0 Å². The van der Waals surface area contributed by atoms with Crippen LogP contribution in [0.5, 0.6) is 5.75 Å². The second kappa shape index (κ2) is 10.8. The lowest BCUT2D eigenvalue weighted by molar-refractivity contribution is -0.123. The number of sulfonamides is 1. The third-order valence-electron chi connectivity index (χ3n) is 5.30. The zero-order chi connectivity index (χ0) is 24.9. The van der Waals surface area contributed by atoms with E-state index in [0.717, 1.165) is 16.7 Å². The number of benzene rings is 2. The highest BCUT2D eigenvalue weighted by atomic mass is 32.2. The number of nitrogens with one attached hydrogen (secondary N) is 1. The first-order valence-electron chi connectivity index (χ1n) is 10.7. The third kappa shape index (κ3) is 5.91. The van der Waals surface area contributed by atoms with Gasteiger partial charge in [-0.2, -0.15) is 4.31 Å². The Morgan fingerprint density at radius 2 is 1.61 bits per heavy atom. The van der Waals surface area contributed by atoms with Gasteiger partial charge in [0.2, 0.25) is 10.0 Å². The minimum absolute atomic E-state index is 0.00359. The maximum atomic E-state index is 13.0.